The van der Waals surface area contributed by atoms with E-state index in [0.717, 1.165) is 34.2 Å². The number of rotatable bonds is 8. The summed E-state index contributed by atoms with van der Waals surface area (Å²) < 4.78 is 11.1. The van der Waals surface area contributed by atoms with E-state index >= 15 is 0 Å². The maximum absolute atomic E-state index is 14.0. The Morgan fingerprint density at radius 2 is 1.71 bits per heavy atom. The maximum atomic E-state index is 14.0. The van der Waals surface area contributed by atoms with Crippen LogP contribution in [0, 0.1) is 6.92 Å². The first-order valence-electron chi connectivity index (χ1n) is 12.3. The summed E-state index contributed by atoms with van der Waals surface area (Å²) in [5.41, 5.74) is 2.33. The number of thioether (sulfide) groups is 1. The summed E-state index contributed by atoms with van der Waals surface area (Å²) in [7, 11) is 2.45. The van der Waals surface area contributed by atoms with E-state index in [2.05, 4.69) is 5.32 Å². The number of esters is 2. The number of thiophene rings is 2. The van der Waals surface area contributed by atoms with Crippen molar-refractivity contribution in [2.24, 2.45) is 0 Å². The van der Waals surface area contributed by atoms with Gasteiger partial charge in [0.1, 0.15) is 14.7 Å². The summed E-state index contributed by atoms with van der Waals surface area (Å²) in [6.45, 7) is 1.58. The summed E-state index contributed by atoms with van der Waals surface area (Å²) in [6, 6.07) is 16.3. The molecule has 1 N–H and O–H groups in total. The number of amides is 1. The molecule has 0 bridgehead atoms. The average Bonchev–Trinajstić information content (AvgIpc) is 3.57. The predicted molar refractivity (Wildman–Crippen MR) is 167 cm³/mol. The number of halogens is 1. The first-order chi connectivity index (χ1) is 20.2. The van der Waals surface area contributed by atoms with Gasteiger partial charge in [0.15, 0.2) is 5.16 Å². The normalized spacial score (nSPS) is 11.0. The van der Waals surface area contributed by atoms with E-state index < -0.39 is 17.8 Å². The lowest BCUT2D eigenvalue weighted by Crippen LogP contribution is -2.22. The predicted octanol–water partition coefficient (Wildman–Crippen LogP) is 6.44. The van der Waals surface area contributed by atoms with E-state index in [1.54, 1.807) is 31.2 Å². The van der Waals surface area contributed by atoms with Crippen molar-refractivity contribution in [2.45, 2.75) is 12.1 Å². The van der Waals surface area contributed by atoms with E-state index in [-0.39, 0.29) is 26.8 Å². The summed E-state index contributed by atoms with van der Waals surface area (Å²) in [5, 5.41) is 6.13. The van der Waals surface area contributed by atoms with Gasteiger partial charge in [-0.3, -0.25) is 14.2 Å². The van der Waals surface area contributed by atoms with Crippen LogP contribution in [-0.4, -0.2) is 47.4 Å². The van der Waals surface area contributed by atoms with Crippen LogP contribution in [0.4, 0.5) is 5.00 Å². The second kappa shape index (κ2) is 12.5. The number of anilines is 1. The molecule has 0 radical (unpaired) electrons. The van der Waals surface area contributed by atoms with Crippen LogP contribution in [0.15, 0.2) is 69.9 Å². The largest absolute Gasteiger partial charge is 0.465 e. The second-order valence-electron chi connectivity index (χ2n) is 8.79. The van der Waals surface area contributed by atoms with Crippen molar-refractivity contribution in [1.82, 2.24) is 9.55 Å². The van der Waals surface area contributed by atoms with Gasteiger partial charge in [-0.25, -0.2) is 14.6 Å². The third kappa shape index (κ3) is 5.71. The molecule has 0 aliphatic heterocycles. The molecule has 0 atom stereocenters. The highest BCUT2D eigenvalue weighted by Gasteiger charge is 2.27. The Morgan fingerprint density at radius 1 is 1.02 bits per heavy atom. The molecule has 2 aromatic carbocycles. The van der Waals surface area contributed by atoms with E-state index in [0.29, 0.717) is 31.6 Å². The van der Waals surface area contributed by atoms with Crippen LogP contribution in [-0.2, 0) is 14.3 Å². The highest BCUT2D eigenvalue weighted by atomic mass is 35.5. The number of benzene rings is 2. The summed E-state index contributed by atoms with van der Waals surface area (Å²) >= 11 is 9.40. The van der Waals surface area contributed by atoms with Crippen molar-refractivity contribution >= 4 is 79.1 Å². The molecule has 5 rings (SSSR count). The second-order valence-corrected chi connectivity index (χ2v) is 12.0. The molecule has 0 fully saturated rings. The van der Waals surface area contributed by atoms with Crippen LogP contribution < -0.4 is 10.9 Å². The molecule has 9 nitrogen and oxygen atoms in total. The third-order valence-corrected chi connectivity index (χ3v) is 9.49. The van der Waals surface area contributed by atoms with Gasteiger partial charge in [-0.1, -0.05) is 53.7 Å². The highest BCUT2D eigenvalue weighted by molar-refractivity contribution is 7.99. The minimum atomic E-state index is -0.693. The topological polar surface area (TPSA) is 117 Å². The number of ether oxygens (including phenoxy) is 2. The quantitative estimate of drug-likeness (QED) is 0.117. The van der Waals surface area contributed by atoms with Gasteiger partial charge in [-0.05, 0) is 42.3 Å². The average molecular weight is 640 g/mol. The number of para-hydroxylation sites is 1. The third-order valence-electron chi connectivity index (χ3n) is 6.24. The number of fused-ring (bicyclic) bond motifs is 1. The fourth-order valence-corrected chi connectivity index (χ4v) is 7.30. The molecular weight excluding hydrogens is 618 g/mol. The van der Waals surface area contributed by atoms with Gasteiger partial charge in [-0.15, -0.1) is 22.7 Å². The minimum Gasteiger partial charge on any atom is -0.465 e. The van der Waals surface area contributed by atoms with Crippen LogP contribution in [0.3, 0.4) is 0 Å². The molecule has 0 saturated carbocycles. The minimum absolute atomic E-state index is 0.0790. The Labute approximate surface area is 257 Å². The van der Waals surface area contributed by atoms with E-state index in [1.165, 1.54) is 30.1 Å². The van der Waals surface area contributed by atoms with Gasteiger partial charge in [0, 0.05) is 16.0 Å². The molecular formula is C29H22ClN3O6S3. The number of hydrogen-bond acceptors (Lipinski definition) is 10. The van der Waals surface area contributed by atoms with Gasteiger partial charge in [0.25, 0.3) is 5.56 Å². The molecule has 42 heavy (non-hydrogen) atoms. The maximum Gasteiger partial charge on any atom is 0.348 e. The number of aromatic nitrogens is 2. The molecule has 3 aromatic heterocycles. The highest BCUT2D eigenvalue weighted by Crippen LogP contribution is 2.36. The fourth-order valence-electron chi connectivity index (χ4n) is 4.25. The van der Waals surface area contributed by atoms with Crippen LogP contribution in [0.1, 0.15) is 25.6 Å². The molecule has 1 amide bonds. The van der Waals surface area contributed by atoms with Crippen LogP contribution >= 0.6 is 46.0 Å². The number of carbonyl (C=O) groups is 3. The fraction of sp³-hybridized carbons (Fsp3) is 0.138. The lowest BCUT2D eigenvalue weighted by molar-refractivity contribution is -0.113. The molecule has 0 aliphatic carbocycles. The Balaban J connectivity index is 1.50. The molecule has 0 saturated heterocycles. The lowest BCUT2D eigenvalue weighted by Gasteiger charge is -2.13. The Bertz CT molecular complexity index is 1880. The van der Waals surface area contributed by atoms with Crippen molar-refractivity contribution in [3.63, 3.8) is 0 Å². The van der Waals surface area contributed by atoms with Crippen LogP contribution in [0.5, 0.6) is 0 Å². The van der Waals surface area contributed by atoms with Gasteiger partial charge in [0.2, 0.25) is 5.91 Å². The summed E-state index contributed by atoms with van der Waals surface area (Å²) in [6.07, 6.45) is 0. The molecule has 0 spiro atoms. The van der Waals surface area contributed by atoms with Crippen LogP contribution in [0.2, 0.25) is 5.02 Å². The number of nitrogens with zero attached hydrogens (tertiary/aromatic N) is 2. The summed E-state index contributed by atoms with van der Waals surface area (Å²) in [5.74, 6) is -1.92. The first kappa shape index (κ1) is 29.5. The monoisotopic (exact) mass is 639 g/mol. The van der Waals surface area contributed by atoms with E-state index in [1.807, 2.05) is 35.7 Å². The van der Waals surface area contributed by atoms with Crippen molar-refractivity contribution in [3.05, 3.63) is 91.4 Å². The van der Waals surface area contributed by atoms with Crippen molar-refractivity contribution in [2.75, 3.05) is 25.3 Å². The zero-order valence-electron chi connectivity index (χ0n) is 22.4. The zero-order valence-corrected chi connectivity index (χ0v) is 25.6. The Hall–Kier alpha value is -3.97. The smallest absolute Gasteiger partial charge is 0.348 e. The SMILES string of the molecule is COC(=O)c1sc(NC(=O)CSc2nc3scc(-c4ccc(Cl)cc4)c3c(=O)n2-c2ccccc2)c(C(=O)OC)c1C. The van der Waals surface area contributed by atoms with Crippen molar-refractivity contribution in [1.29, 1.82) is 0 Å². The molecule has 0 aliphatic rings. The molecule has 214 valence electrons. The number of hydrogen-bond donors (Lipinski definition) is 1. The van der Waals surface area contributed by atoms with Gasteiger partial charge in [0.05, 0.1) is 36.6 Å². The summed E-state index contributed by atoms with van der Waals surface area (Å²) in [4.78, 5) is 57.2. The zero-order chi connectivity index (χ0) is 30.0. The van der Waals surface area contributed by atoms with E-state index in [9.17, 15) is 19.2 Å². The standard InChI is InChI=1S/C29H22ClN3O6S3/c1-15-21(27(36)38-2)25(42-23(15)28(37)39-3)31-20(34)14-41-29-32-24-22(26(35)33(29)18-7-5-4-6-8-18)19(13-40-24)16-9-11-17(30)12-10-16/h4-13H,14H2,1-3H3,(H,31,34). The lowest BCUT2D eigenvalue weighted by atomic mass is 10.1. The van der Waals surface area contributed by atoms with Crippen molar-refractivity contribution in [3.8, 4) is 16.8 Å². The Morgan fingerprint density at radius 3 is 2.38 bits per heavy atom. The van der Waals surface area contributed by atoms with Gasteiger partial charge < -0.3 is 14.8 Å². The van der Waals surface area contributed by atoms with E-state index in [4.69, 9.17) is 26.1 Å². The van der Waals surface area contributed by atoms with Gasteiger partial charge in [-0.2, -0.15) is 0 Å². The molecule has 0 unspecified atom stereocenters. The molecule has 3 heterocycles. The molecule has 5 aromatic rings. The van der Waals surface area contributed by atoms with Gasteiger partial charge >= 0.3 is 11.9 Å². The first-order valence-corrected chi connectivity index (χ1v) is 15.4. The molecule has 13 heteroatoms. The number of carbonyl (C=O) groups excluding carboxylic acids is 3. The number of nitrogens with one attached hydrogen (secondary N) is 1. The Kier molecular flexibility index (Phi) is 8.78. The van der Waals surface area contributed by atoms with Crippen LogP contribution in [0.25, 0.3) is 27.0 Å². The number of methoxy groups -OCH3 is 2. The van der Waals surface area contributed by atoms with Crippen molar-refractivity contribution < 1.29 is 23.9 Å².